The fourth-order valence-electron chi connectivity index (χ4n) is 1.54. The molecule has 0 radical (unpaired) electrons. The zero-order valence-electron chi connectivity index (χ0n) is 10.6. The van der Waals surface area contributed by atoms with Crippen molar-refractivity contribution in [2.24, 2.45) is 0 Å². The van der Waals surface area contributed by atoms with Crippen molar-refractivity contribution in [3.63, 3.8) is 0 Å². The monoisotopic (exact) mass is 273 g/mol. The van der Waals surface area contributed by atoms with E-state index in [0.717, 1.165) is 5.56 Å². The highest BCUT2D eigenvalue weighted by Crippen LogP contribution is 2.16. The first kappa shape index (κ1) is 14.9. The predicted molar refractivity (Wildman–Crippen MR) is 69.0 cm³/mol. The molecule has 1 rings (SSSR count). The van der Waals surface area contributed by atoms with Crippen LogP contribution in [-0.2, 0) is 16.1 Å². The molecular weight excluding hydrogens is 257 g/mol. The molecule has 0 heterocycles. The van der Waals surface area contributed by atoms with Crippen molar-refractivity contribution < 1.29 is 13.9 Å². The molecule has 0 atom stereocenters. The van der Waals surface area contributed by atoms with Crippen LogP contribution < -0.4 is 0 Å². The summed E-state index contributed by atoms with van der Waals surface area (Å²) in [6, 6.07) is 4.62. The van der Waals surface area contributed by atoms with Crippen LogP contribution >= 0.6 is 11.6 Å². The molecule has 0 aliphatic rings. The molecule has 1 aromatic carbocycles. The Morgan fingerprint density at radius 3 is 2.83 bits per heavy atom. The van der Waals surface area contributed by atoms with E-state index in [4.69, 9.17) is 16.3 Å². The number of benzene rings is 1. The molecule has 0 aromatic heterocycles. The van der Waals surface area contributed by atoms with E-state index >= 15 is 0 Å². The summed E-state index contributed by atoms with van der Waals surface area (Å²) in [7, 11) is 1.89. The minimum atomic E-state index is -0.422. The van der Waals surface area contributed by atoms with Crippen molar-refractivity contribution in [2.45, 2.75) is 19.9 Å². The maximum absolute atomic E-state index is 13.0. The summed E-state index contributed by atoms with van der Waals surface area (Å²) < 4.78 is 17.8. The molecule has 0 amide bonds. The summed E-state index contributed by atoms with van der Waals surface area (Å²) >= 11 is 5.70. The summed E-state index contributed by atoms with van der Waals surface area (Å²) in [5, 5.41) is 0.117. The summed E-state index contributed by atoms with van der Waals surface area (Å²) in [6.45, 7) is 3.38. The smallest absolute Gasteiger partial charge is 0.307 e. The number of ether oxygens (including phenoxy) is 1. The quantitative estimate of drug-likeness (QED) is 0.747. The Morgan fingerprint density at radius 2 is 2.22 bits per heavy atom. The average molecular weight is 274 g/mol. The normalized spacial score (nSPS) is 10.7. The van der Waals surface area contributed by atoms with Crippen LogP contribution in [0.25, 0.3) is 0 Å². The first-order valence-corrected chi connectivity index (χ1v) is 6.18. The maximum Gasteiger partial charge on any atom is 0.307 e. The molecule has 18 heavy (non-hydrogen) atoms. The highest BCUT2D eigenvalue weighted by Gasteiger charge is 2.07. The highest BCUT2D eigenvalue weighted by molar-refractivity contribution is 6.30. The van der Waals surface area contributed by atoms with E-state index in [2.05, 4.69) is 0 Å². The Hall–Kier alpha value is -1.13. The largest absolute Gasteiger partial charge is 0.466 e. The molecule has 3 nitrogen and oxygen atoms in total. The molecule has 0 saturated heterocycles. The molecular formula is C13H17ClFNO2. The number of nitrogens with zero attached hydrogens (tertiary/aromatic N) is 1. The van der Waals surface area contributed by atoms with E-state index in [1.54, 1.807) is 19.1 Å². The Kier molecular flexibility index (Phi) is 6.09. The molecule has 0 N–H and O–H groups in total. The second kappa shape index (κ2) is 7.34. The first-order valence-electron chi connectivity index (χ1n) is 5.81. The van der Waals surface area contributed by atoms with Crippen molar-refractivity contribution in [3.8, 4) is 0 Å². The molecule has 0 saturated carbocycles. The van der Waals surface area contributed by atoms with E-state index < -0.39 is 5.82 Å². The summed E-state index contributed by atoms with van der Waals surface area (Å²) in [5.41, 5.74) is 0.910. The fraction of sp³-hybridized carbons (Fsp3) is 0.462. The number of esters is 1. The van der Waals surface area contributed by atoms with Crippen LogP contribution in [0.3, 0.4) is 0 Å². The van der Waals surface area contributed by atoms with E-state index in [0.29, 0.717) is 26.1 Å². The predicted octanol–water partition coefficient (Wildman–Crippen LogP) is 2.86. The van der Waals surface area contributed by atoms with Gasteiger partial charge in [0.2, 0.25) is 0 Å². The van der Waals surface area contributed by atoms with Gasteiger partial charge in [0.1, 0.15) is 5.82 Å². The van der Waals surface area contributed by atoms with E-state index in [-0.39, 0.29) is 11.0 Å². The van der Waals surface area contributed by atoms with Gasteiger partial charge in [-0.3, -0.25) is 4.79 Å². The Labute approximate surface area is 111 Å². The van der Waals surface area contributed by atoms with E-state index in [1.807, 2.05) is 11.9 Å². The van der Waals surface area contributed by atoms with E-state index in [1.165, 1.54) is 6.07 Å². The van der Waals surface area contributed by atoms with Crippen LogP contribution in [0.4, 0.5) is 4.39 Å². The van der Waals surface area contributed by atoms with Crippen molar-refractivity contribution >= 4 is 17.6 Å². The molecule has 1 aromatic rings. The third-order valence-corrected chi connectivity index (χ3v) is 2.73. The van der Waals surface area contributed by atoms with Crippen molar-refractivity contribution in [1.29, 1.82) is 0 Å². The second-order valence-corrected chi connectivity index (χ2v) is 4.45. The van der Waals surface area contributed by atoms with Gasteiger partial charge in [-0.05, 0) is 31.7 Å². The van der Waals surface area contributed by atoms with Crippen LogP contribution in [0, 0.1) is 5.82 Å². The lowest BCUT2D eigenvalue weighted by Crippen LogP contribution is -2.22. The molecule has 0 spiro atoms. The highest BCUT2D eigenvalue weighted by atomic mass is 35.5. The molecule has 100 valence electrons. The van der Waals surface area contributed by atoms with Crippen LogP contribution in [0.1, 0.15) is 18.9 Å². The van der Waals surface area contributed by atoms with Crippen LogP contribution in [0.2, 0.25) is 5.02 Å². The van der Waals surface area contributed by atoms with Crippen molar-refractivity contribution in [2.75, 3.05) is 20.2 Å². The van der Waals surface area contributed by atoms with Crippen molar-refractivity contribution in [3.05, 3.63) is 34.6 Å². The van der Waals surface area contributed by atoms with Crippen molar-refractivity contribution in [1.82, 2.24) is 4.90 Å². The lowest BCUT2D eigenvalue weighted by Gasteiger charge is -2.16. The number of carbonyl (C=O) groups is 1. The summed E-state index contributed by atoms with van der Waals surface area (Å²) in [4.78, 5) is 13.1. The van der Waals surface area contributed by atoms with Gasteiger partial charge in [-0.2, -0.15) is 0 Å². The molecule has 0 bridgehead atoms. The van der Waals surface area contributed by atoms with Gasteiger partial charge in [-0.1, -0.05) is 17.7 Å². The van der Waals surface area contributed by atoms with Crippen LogP contribution in [-0.4, -0.2) is 31.1 Å². The van der Waals surface area contributed by atoms with Crippen LogP contribution in [0.5, 0.6) is 0 Å². The molecule has 5 heteroatoms. The van der Waals surface area contributed by atoms with Gasteiger partial charge in [0, 0.05) is 13.1 Å². The number of rotatable bonds is 6. The lowest BCUT2D eigenvalue weighted by atomic mass is 10.2. The number of carbonyl (C=O) groups excluding carboxylic acids is 1. The Balaban J connectivity index is 2.42. The van der Waals surface area contributed by atoms with Gasteiger partial charge in [0.25, 0.3) is 0 Å². The summed E-state index contributed by atoms with van der Waals surface area (Å²) in [6.07, 6.45) is 0.346. The lowest BCUT2D eigenvalue weighted by molar-refractivity contribution is -0.143. The Bertz CT molecular complexity index is 412. The van der Waals surface area contributed by atoms with Gasteiger partial charge in [0.05, 0.1) is 18.1 Å². The maximum atomic E-state index is 13.0. The van der Waals surface area contributed by atoms with E-state index in [9.17, 15) is 9.18 Å². The first-order chi connectivity index (χ1) is 8.52. The fourth-order valence-corrected chi connectivity index (χ4v) is 1.75. The Morgan fingerprint density at radius 1 is 1.50 bits per heavy atom. The summed E-state index contributed by atoms with van der Waals surface area (Å²) in [5.74, 6) is -0.629. The third-order valence-electron chi connectivity index (χ3n) is 2.44. The number of halogens is 2. The zero-order chi connectivity index (χ0) is 13.5. The van der Waals surface area contributed by atoms with Crippen LogP contribution in [0.15, 0.2) is 18.2 Å². The zero-order valence-corrected chi connectivity index (χ0v) is 11.3. The van der Waals surface area contributed by atoms with Gasteiger partial charge in [0.15, 0.2) is 0 Å². The standard InChI is InChI=1S/C13H17ClFNO2/c1-3-18-13(17)6-7-16(2)9-10-4-5-12(15)11(14)8-10/h4-5,8H,3,6-7,9H2,1-2H3. The number of hydrogen-bond acceptors (Lipinski definition) is 3. The average Bonchev–Trinajstić information content (AvgIpc) is 2.32. The van der Waals surface area contributed by atoms with Gasteiger partial charge < -0.3 is 9.64 Å². The molecule has 0 aliphatic carbocycles. The van der Waals surface area contributed by atoms with Gasteiger partial charge in [-0.25, -0.2) is 4.39 Å². The number of hydrogen-bond donors (Lipinski definition) is 0. The van der Waals surface area contributed by atoms with Gasteiger partial charge in [-0.15, -0.1) is 0 Å². The second-order valence-electron chi connectivity index (χ2n) is 4.04. The molecule has 0 aliphatic heterocycles. The molecule has 0 fully saturated rings. The topological polar surface area (TPSA) is 29.5 Å². The minimum absolute atomic E-state index is 0.117. The third kappa shape index (κ3) is 5.02. The molecule has 0 unspecified atom stereocenters. The minimum Gasteiger partial charge on any atom is -0.466 e. The van der Waals surface area contributed by atoms with Gasteiger partial charge >= 0.3 is 5.97 Å². The SMILES string of the molecule is CCOC(=O)CCN(C)Cc1ccc(F)c(Cl)c1.